The zero-order valence-electron chi connectivity index (χ0n) is 24.2. The van der Waals surface area contributed by atoms with Crippen molar-refractivity contribution in [3.63, 3.8) is 0 Å². The predicted octanol–water partition coefficient (Wildman–Crippen LogP) is 8.33. The lowest BCUT2D eigenvalue weighted by Crippen LogP contribution is -2.64. The highest BCUT2D eigenvalue weighted by Gasteiger charge is 2.81. The maximum Gasteiger partial charge on any atom is 0.0941 e. The van der Waals surface area contributed by atoms with Crippen LogP contribution in [0.3, 0.4) is 0 Å². The van der Waals surface area contributed by atoms with Crippen molar-refractivity contribution in [3.05, 3.63) is 11.6 Å². The third-order valence-electron chi connectivity index (χ3n) is 14.4. The Balaban J connectivity index is 1.36. The highest BCUT2D eigenvalue weighted by atomic mass is 16.5. The van der Waals surface area contributed by atoms with Crippen LogP contribution < -0.4 is 0 Å². The summed E-state index contributed by atoms with van der Waals surface area (Å²) in [6.45, 7) is 19.6. The van der Waals surface area contributed by atoms with Gasteiger partial charge >= 0.3 is 0 Å². The standard InChI is InChI=1S/C33H54O2/c1-9-22-14-16-29(6)24(28(22,4)5)15-17-30(7)25(29)12-11-23-27-31(8,34)26(13-10-21(2)3)35-33(27)19-18-32(23,30)20-33/h10,22-27,34H,9,11-20H2,1-8H3/t22-,23?,24?,25?,26?,27?,29-,30?,31?,32?,33?/m0/s1. The molecule has 0 aromatic carbocycles. The van der Waals surface area contributed by atoms with E-state index in [1.807, 2.05) is 0 Å². The van der Waals surface area contributed by atoms with Gasteiger partial charge in [0.2, 0.25) is 0 Å². The third kappa shape index (κ3) is 2.86. The molecule has 35 heavy (non-hydrogen) atoms. The quantitative estimate of drug-likeness (QED) is 0.410. The van der Waals surface area contributed by atoms with Gasteiger partial charge in [-0.1, -0.05) is 52.7 Å². The number of allylic oxidation sites excluding steroid dienone is 1. The first-order valence-corrected chi connectivity index (χ1v) is 15.3. The van der Waals surface area contributed by atoms with Crippen molar-refractivity contribution >= 4 is 0 Å². The van der Waals surface area contributed by atoms with Crippen LogP contribution in [0.4, 0.5) is 0 Å². The molecule has 1 aliphatic heterocycles. The average Bonchev–Trinajstić information content (AvgIpc) is 3.36. The molecule has 1 N–H and O–H groups in total. The smallest absolute Gasteiger partial charge is 0.0941 e. The first-order valence-electron chi connectivity index (χ1n) is 15.3. The normalized spacial score (nSPS) is 57.7. The molecule has 6 aliphatic rings. The van der Waals surface area contributed by atoms with Gasteiger partial charge < -0.3 is 9.84 Å². The molecule has 1 saturated heterocycles. The molecule has 9 unspecified atom stereocenters. The number of hydrogen-bond acceptors (Lipinski definition) is 2. The Morgan fingerprint density at radius 2 is 1.66 bits per heavy atom. The number of ether oxygens (including phenoxy) is 1. The van der Waals surface area contributed by atoms with Crippen LogP contribution in [0, 0.1) is 51.2 Å². The van der Waals surface area contributed by atoms with Crippen LogP contribution in [0.25, 0.3) is 0 Å². The van der Waals surface area contributed by atoms with E-state index in [9.17, 15) is 5.11 Å². The molecule has 2 bridgehead atoms. The SMILES string of the molecule is CC[C@H]1CC[C@@]2(C)C(CCC3(C)C2CCC2C4C5(CCC23C5)OC(CC=C(C)C)C4(C)O)C1(C)C. The molecule has 0 aromatic rings. The molecule has 198 valence electrons. The molecule has 5 saturated carbocycles. The van der Waals surface area contributed by atoms with E-state index in [0.717, 1.165) is 24.2 Å². The van der Waals surface area contributed by atoms with Crippen LogP contribution in [0.5, 0.6) is 0 Å². The molecule has 0 amide bonds. The number of rotatable bonds is 3. The highest BCUT2D eigenvalue weighted by Crippen LogP contribution is 2.83. The van der Waals surface area contributed by atoms with Gasteiger partial charge in [-0.05, 0) is 130 Å². The molecule has 6 fully saturated rings. The first kappa shape index (κ1) is 25.0. The van der Waals surface area contributed by atoms with Crippen LogP contribution in [-0.2, 0) is 4.74 Å². The van der Waals surface area contributed by atoms with Crippen LogP contribution in [0.15, 0.2) is 11.6 Å². The minimum absolute atomic E-state index is 0.0394. The Hall–Kier alpha value is -0.340. The summed E-state index contributed by atoms with van der Waals surface area (Å²) in [7, 11) is 0. The lowest BCUT2D eigenvalue weighted by atomic mass is 9.34. The van der Waals surface area contributed by atoms with Gasteiger partial charge in [0, 0.05) is 5.92 Å². The van der Waals surface area contributed by atoms with Crippen molar-refractivity contribution < 1.29 is 9.84 Å². The van der Waals surface area contributed by atoms with Gasteiger partial charge in [0.05, 0.1) is 17.3 Å². The molecule has 0 radical (unpaired) electrons. The Morgan fingerprint density at radius 1 is 0.914 bits per heavy atom. The molecular weight excluding hydrogens is 428 g/mol. The lowest BCUT2D eigenvalue weighted by Gasteiger charge is -2.71. The van der Waals surface area contributed by atoms with Crippen LogP contribution in [0.1, 0.15) is 126 Å². The molecule has 2 spiro atoms. The van der Waals surface area contributed by atoms with Crippen LogP contribution in [-0.4, -0.2) is 22.4 Å². The predicted molar refractivity (Wildman–Crippen MR) is 144 cm³/mol. The molecule has 11 atom stereocenters. The van der Waals surface area contributed by atoms with Gasteiger partial charge in [-0.2, -0.15) is 0 Å². The molecule has 0 aromatic heterocycles. The number of aliphatic hydroxyl groups is 1. The second-order valence-corrected chi connectivity index (χ2v) is 15.9. The molecular formula is C33H54O2. The van der Waals surface area contributed by atoms with E-state index in [2.05, 4.69) is 61.5 Å². The van der Waals surface area contributed by atoms with E-state index >= 15 is 0 Å². The summed E-state index contributed by atoms with van der Waals surface area (Å²) in [5, 5.41) is 12.1. The average molecular weight is 483 g/mol. The Bertz CT molecular complexity index is 912. The summed E-state index contributed by atoms with van der Waals surface area (Å²) in [6.07, 6.45) is 16.6. The number of hydrogen-bond donors (Lipinski definition) is 1. The second-order valence-electron chi connectivity index (χ2n) is 15.9. The Kier molecular flexibility index (Phi) is 5.28. The van der Waals surface area contributed by atoms with E-state index in [4.69, 9.17) is 4.74 Å². The minimum atomic E-state index is -0.704. The maximum absolute atomic E-state index is 12.1. The van der Waals surface area contributed by atoms with Crippen molar-refractivity contribution in [2.45, 2.75) is 143 Å². The van der Waals surface area contributed by atoms with Crippen LogP contribution >= 0.6 is 0 Å². The summed E-state index contributed by atoms with van der Waals surface area (Å²) in [5.41, 5.74) is 2.28. The van der Waals surface area contributed by atoms with Crippen LogP contribution in [0.2, 0.25) is 0 Å². The topological polar surface area (TPSA) is 29.5 Å². The van der Waals surface area contributed by atoms with E-state index in [1.54, 1.807) is 0 Å². The zero-order chi connectivity index (χ0) is 25.2. The van der Waals surface area contributed by atoms with Crippen molar-refractivity contribution in [2.24, 2.45) is 51.2 Å². The largest absolute Gasteiger partial charge is 0.387 e. The van der Waals surface area contributed by atoms with E-state index < -0.39 is 5.60 Å². The van der Waals surface area contributed by atoms with Crippen molar-refractivity contribution in [2.75, 3.05) is 0 Å². The van der Waals surface area contributed by atoms with Gasteiger partial charge in [0.1, 0.15) is 0 Å². The summed E-state index contributed by atoms with van der Waals surface area (Å²) in [4.78, 5) is 0. The number of fused-ring (bicyclic) bond motifs is 4. The van der Waals surface area contributed by atoms with Gasteiger partial charge in [0.15, 0.2) is 0 Å². The minimum Gasteiger partial charge on any atom is -0.387 e. The summed E-state index contributed by atoms with van der Waals surface area (Å²) in [5.74, 6) is 3.56. The van der Waals surface area contributed by atoms with Gasteiger partial charge in [-0.3, -0.25) is 0 Å². The van der Waals surface area contributed by atoms with E-state index in [1.165, 1.54) is 69.8 Å². The fourth-order valence-electron chi connectivity index (χ4n) is 13.1. The highest BCUT2D eigenvalue weighted by molar-refractivity contribution is 5.30. The monoisotopic (exact) mass is 482 g/mol. The molecule has 2 nitrogen and oxygen atoms in total. The van der Waals surface area contributed by atoms with Crippen molar-refractivity contribution in [3.8, 4) is 0 Å². The molecule has 2 heteroatoms. The summed E-state index contributed by atoms with van der Waals surface area (Å²) in [6, 6.07) is 0. The van der Waals surface area contributed by atoms with Crippen molar-refractivity contribution in [1.29, 1.82) is 0 Å². The molecule has 6 rings (SSSR count). The third-order valence-corrected chi connectivity index (χ3v) is 14.4. The van der Waals surface area contributed by atoms with Crippen molar-refractivity contribution in [1.82, 2.24) is 0 Å². The van der Waals surface area contributed by atoms with Gasteiger partial charge in [-0.15, -0.1) is 0 Å². The van der Waals surface area contributed by atoms with E-state index in [0.29, 0.717) is 33.5 Å². The second kappa shape index (κ2) is 7.40. The Morgan fingerprint density at radius 3 is 2.34 bits per heavy atom. The maximum atomic E-state index is 12.1. The van der Waals surface area contributed by atoms with Gasteiger partial charge in [0.25, 0.3) is 0 Å². The molecule has 5 aliphatic carbocycles. The first-order chi connectivity index (χ1) is 16.3. The lowest BCUT2D eigenvalue weighted by molar-refractivity contribution is -0.224. The fraction of sp³-hybridized carbons (Fsp3) is 0.939. The fourth-order valence-corrected chi connectivity index (χ4v) is 13.1. The summed E-state index contributed by atoms with van der Waals surface area (Å²) >= 11 is 0. The Labute approximate surface area is 216 Å². The zero-order valence-corrected chi connectivity index (χ0v) is 24.2. The molecule has 1 heterocycles. The summed E-state index contributed by atoms with van der Waals surface area (Å²) < 4.78 is 7.04. The van der Waals surface area contributed by atoms with Gasteiger partial charge in [-0.25, -0.2) is 0 Å². The van der Waals surface area contributed by atoms with E-state index in [-0.39, 0.29) is 11.7 Å².